The van der Waals surface area contributed by atoms with Crippen molar-refractivity contribution in [2.75, 3.05) is 18.0 Å². The third-order valence-corrected chi connectivity index (χ3v) is 7.64. The van der Waals surface area contributed by atoms with E-state index in [1.54, 1.807) is 12.1 Å². The molecule has 6 nitrogen and oxygen atoms in total. The number of fused-ring (bicyclic) bond motifs is 1. The van der Waals surface area contributed by atoms with Crippen LogP contribution in [0.25, 0.3) is 0 Å². The maximum absolute atomic E-state index is 11.4. The fourth-order valence-electron chi connectivity index (χ4n) is 4.32. The second kappa shape index (κ2) is 5.25. The normalized spacial score (nSPS) is 30.8. The summed E-state index contributed by atoms with van der Waals surface area (Å²) in [5.41, 5.74) is 1.27. The van der Waals surface area contributed by atoms with Gasteiger partial charge in [0.1, 0.15) is 0 Å². The first-order valence-corrected chi connectivity index (χ1v) is 11.0. The molecule has 2 heterocycles. The van der Waals surface area contributed by atoms with Gasteiger partial charge >= 0.3 is 0 Å². The van der Waals surface area contributed by atoms with Crippen LogP contribution < -0.4 is 10.0 Å². The Labute approximate surface area is 151 Å². The van der Waals surface area contributed by atoms with E-state index in [2.05, 4.69) is 9.27 Å². The van der Waals surface area contributed by atoms with Crippen LogP contribution in [0.2, 0.25) is 0 Å². The Morgan fingerprint density at radius 1 is 1.16 bits per heavy atom. The number of hydrogen-bond acceptors (Lipinski definition) is 6. The van der Waals surface area contributed by atoms with Crippen molar-refractivity contribution in [3.63, 3.8) is 0 Å². The Kier molecular flexibility index (Phi) is 3.30. The minimum absolute atomic E-state index is 0.105. The lowest BCUT2D eigenvalue weighted by atomic mass is 9.97. The summed E-state index contributed by atoms with van der Waals surface area (Å²) in [5.74, 6) is 2.02. The van der Waals surface area contributed by atoms with Crippen molar-refractivity contribution in [2.24, 2.45) is 11.1 Å². The van der Waals surface area contributed by atoms with E-state index in [-0.39, 0.29) is 10.3 Å². The molecule has 0 radical (unpaired) electrons. The molecule has 3 aliphatic rings. The number of rotatable bonds is 4. The van der Waals surface area contributed by atoms with Gasteiger partial charge in [-0.05, 0) is 49.3 Å². The summed E-state index contributed by atoms with van der Waals surface area (Å²) >= 11 is 1.52. The van der Waals surface area contributed by atoms with Crippen molar-refractivity contribution < 1.29 is 8.42 Å². The van der Waals surface area contributed by atoms with Crippen LogP contribution in [0.4, 0.5) is 5.13 Å². The van der Waals surface area contributed by atoms with Crippen molar-refractivity contribution in [1.29, 1.82) is 0 Å². The zero-order valence-electron chi connectivity index (χ0n) is 13.8. The second-order valence-corrected chi connectivity index (χ2v) is 9.68. The number of primary sulfonamides is 1. The van der Waals surface area contributed by atoms with Crippen LogP contribution in [0.1, 0.15) is 43.0 Å². The zero-order valence-corrected chi connectivity index (χ0v) is 15.4. The molecule has 8 heteroatoms. The van der Waals surface area contributed by atoms with Crippen LogP contribution in [-0.2, 0) is 15.4 Å². The number of hydrogen-bond donors (Lipinski definition) is 1. The predicted molar refractivity (Wildman–Crippen MR) is 96.3 cm³/mol. The highest BCUT2D eigenvalue weighted by Crippen LogP contribution is 2.83. The van der Waals surface area contributed by atoms with Gasteiger partial charge in [-0.1, -0.05) is 12.1 Å². The van der Waals surface area contributed by atoms with Crippen LogP contribution >= 0.6 is 11.5 Å². The third kappa shape index (κ3) is 2.42. The summed E-state index contributed by atoms with van der Waals surface area (Å²) in [7, 11) is -3.63. The minimum Gasteiger partial charge on any atom is -0.347 e. The molecule has 1 unspecified atom stereocenters. The van der Waals surface area contributed by atoms with E-state index in [4.69, 9.17) is 10.1 Å². The lowest BCUT2D eigenvalue weighted by molar-refractivity contribution is 0.575. The molecule has 0 spiro atoms. The van der Waals surface area contributed by atoms with Gasteiger partial charge < -0.3 is 4.90 Å². The standard InChI is InChI=1S/C17H20N4O2S2/c18-25(22,23)12-6-4-11(5-7-12)14-13-10-17(13,14)15-19-16(24-20-15)21-8-2-1-3-9-21/h4-7,13-14H,1-3,8-10H2,(H2,18,22,23)/t13?,14-,17-/m1/s1. The summed E-state index contributed by atoms with van der Waals surface area (Å²) < 4.78 is 27.5. The Bertz CT molecular complexity index is 918. The molecule has 132 valence electrons. The van der Waals surface area contributed by atoms with Crippen molar-refractivity contribution in [2.45, 2.75) is 41.9 Å². The number of sulfonamides is 1. The maximum Gasteiger partial charge on any atom is 0.238 e. The van der Waals surface area contributed by atoms with Crippen LogP contribution in [0.3, 0.4) is 0 Å². The number of nitrogens with two attached hydrogens (primary N) is 1. The minimum atomic E-state index is -3.63. The molecule has 0 amide bonds. The van der Waals surface area contributed by atoms with E-state index in [0.717, 1.165) is 36.0 Å². The molecule has 2 aliphatic carbocycles. The fourth-order valence-corrected chi connectivity index (χ4v) is 5.64. The van der Waals surface area contributed by atoms with E-state index in [1.165, 1.54) is 30.8 Å². The predicted octanol–water partition coefficient (Wildman–Crippen LogP) is 2.23. The van der Waals surface area contributed by atoms with Crippen LogP contribution in [0.15, 0.2) is 29.2 Å². The lowest BCUT2D eigenvalue weighted by Gasteiger charge is -2.25. The lowest BCUT2D eigenvalue weighted by Crippen LogP contribution is -2.29. The Morgan fingerprint density at radius 2 is 1.88 bits per heavy atom. The molecular formula is C17H20N4O2S2. The van der Waals surface area contributed by atoms with Crippen LogP contribution in [0.5, 0.6) is 0 Å². The number of piperidine rings is 1. The first kappa shape index (κ1) is 15.7. The third-order valence-electron chi connectivity index (χ3n) is 5.93. The highest BCUT2D eigenvalue weighted by Gasteiger charge is 2.81. The maximum atomic E-state index is 11.4. The van der Waals surface area contributed by atoms with Gasteiger partial charge in [0.2, 0.25) is 15.2 Å². The first-order chi connectivity index (χ1) is 12.0. The van der Waals surface area contributed by atoms with Crippen molar-refractivity contribution >= 4 is 26.7 Å². The molecule has 2 saturated carbocycles. The van der Waals surface area contributed by atoms with E-state index >= 15 is 0 Å². The molecule has 1 saturated heterocycles. The molecule has 1 aromatic heterocycles. The molecule has 2 N–H and O–H groups in total. The van der Waals surface area contributed by atoms with Crippen molar-refractivity contribution in [3.8, 4) is 0 Å². The van der Waals surface area contributed by atoms with E-state index in [1.807, 2.05) is 12.1 Å². The molecule has 3 atom stereocenters. The highest BCUT2D eigenvalue weighted by atomic mass is 32.2. The van der Waals surface area contributed by atoms with Crippen molar-refractivity contribution in [3.05, 3.63) is 35.7 Å². The van der Waals surface area contributed by atoms with Gasteiger partial charge in [0.15, 0.2) is 5.82 Å². The Morgan fingerprint density at radius 3 is 2.52 bits per heavy atom. The van der Waals surface area contributed by atoms with E-state index < -0.39 is 10.0 Å². The largest absolute Gasteiger partial charge is 0.347 e. The summed E-state index contributed by atoms with van der Waals surface area (Å²) in [6.45, 7) is 2.17. The zero-order chi connectivity index (χ0) is 17.2. The second-order valence-electron chi connectivity index (χ2n) is 7.39. The molecule has 5 rings (SSSR count). The highest BCUT2D eigenvalue weighted by molar-refractivity contribution is 7.89. The van der Waals surface area contributed by atoms with Gasteiger partial charge in [0, 0.05) is 36.0 Å². The molecular weight excluding hydrogens is 356 g/mol. The van der Waals surface area contributed by atoms with Crippen LogP contribution in [0, 0.1) is 5.92 Å². The monoisotopic (exact) mass is 376 g/mol. The molecule has 25 heavy (non-hydrogen) atoms. The number of aromatic nitrogens is 2. The smallest absolute Gasteiger partial charge is 0.238 e. The average Bonchev–Trinajstić information content (AvgIpc) is 3.41. The number of nitrogens with zero attached hydrogens (tertiary/aromatic N) is 3. The molecule has 2 aromatic rings. The van der Waals surface area contributed by atoms with E-state index in [0.29, 0.717) is 11.8 Å². The summed E-state index contributed by atoms with van der Waals surface area (Å²) in [5, 5.41) is 6.23. The SMILES string of the molecule is NS(=O)(=O)c1ccc([C@@H]2C3C[C@@]32c2nsc(N3CCCCC3)n2)cc1. The topological polar surface area (TPSA) is 89.2 Å². The van der Waals surface area contributed by atoms with Crippen LogP contribution in [-0.4, -0.2) is 30.9 Å². The Hall–Kier alpha value is -1.51. The summed E-state index contributed by atoms with van der Waals surface area (Å²) in [6.07, 6.45) is 4.93. The molecule has 0 bridgehead atoms. The van der Waals surface area contributed by atoms with Gasteiger partial charge in [-0.15, -0.1) is 0 Å². The fraction of sp³-hybridized carbons (Fsp3) is 0.529. The van der Waals surface area contributed by atoms with Gasteiger partial charge in [-0.3, -0.25) is 0 Å². The quantitative estimate of drug-likeness (QED) is 0.884. The van der Waals surface area contributed by atoms with Gasteiger partial charge in [0.05, 0.1) is 4.90 Å². The first-order valence-electron chi connectivity index (χ1n) is 8.72. The Balaban J connectivity index is 1.36. The molecule has 1 aromatic carbocycles. The van der Waals surface area contributed by atoms with Crippen molar-refractivity contribution in [1.82, 2.24) is 9.36 Å². The van der Waals surface area contributed by atoms with Gasteiger partial charge in [-0.25, -0.2) is 18.5 Å². The van der Waals surface area contributed by atoms with E-state index in [9.17, 15) is 8.42 Å². The molecule has 1 aliphatic heterocycles. The summed E-state index contributed by atoms with van der Waals surface area (Å²) in [6, 6.07) is 6.97. The average molecular weight is 377 g/mol. The number of anilines is 1. The summed E-state index contributed by atoms with van der Waals surface area (Å²) in [4.78, 5) is 7.38. The molecule has 3 fully saturated rings. The number of benzene rings is 1. The van der Waals surface area contributed by atoms with Gasteiger partial charge in [0.25, 0.3) is 0 Å². The van der Waals surface area contributed by atoms with Gasteiger partial charge in [-0.2, -0.15) is 4.37 Å².